The molecule has 1 aliphatic rings. The van der Waals surface area contributed by atoms with Gasteiger partial charge in [-0.05, 0) is 18.6 Å². The lowest BCUT2D eigenvalue weighted by atomic mass is 10.2. The third-order valence-corrected chi connectivity index (χ3v) is 5.80. The van der Waals surface area contributed by atoms with E-state index in [9.17, 15) is 0 Å². The topological polar surface area (TPSA) is 50.4 Å². The summed E-state index contributed by atoms with van der Waals surface area (Å²) in [6.07, 6.45) is 0. The average molecular weight is 322 g/mol. The molecule has 0 saturated heterocycles. The molecule has 0 aromatic heterocycles. The van der Waals surface area contributed by atoms with Crippen molar-refractivity contribution in [2.24, 2.45) is 10.7 Å². The lowest BCUT2D eigenvalue weighted by molar-refractivity contribution is 0.826. The van der Waals surface area contributed by atoms with E-state index in [0.717, 1.165) is 5.56 Å². The van der Waals surface area contributed by atoms with Crippen LogP contribution in [0.25, 0.3) is 0 Å². The minimum atomic E-state index is 0.224. The molecule has 3 nitrogen and oxygen atoms in total. The molecule has 0 spiro atoms. The summed E-state index contributed by atoms with van der Waals surface area (Å²) in [4.78, 5) is 4.28. The van der Waals surface area contributed by atoms with Crippen LogP contribution >= 0.6 is 46.9 Å². The molecule has 18 heavy (non-hydrogen) atoms. The number of nitrogens with two attached hydrogens (primary N) is 1. The second kappa shape index (κ2) is 6.39. The predicted octanol–water partition coefficient (Wildman–Crippen LogP) is 3.51. The van der Waals surface area contributed by atoms with Crippen molar-refractivity contribution in [2.75, 3.05) is 0 Å². The van der Waals surface area contributed by atoms with Crippen molar-refractivity contribution in [2.45, 2.75) is 24.1 Å². The summed E-state index contributed by atoms with van der Waals surface area (Å²) < 4.78 is 3.59. The lowest BCUT2D eigenvalue weighted by Crippen LogP contribution is -2.16. The van der Waals surface area contributed by atoms with Crippen molar-refractivity contribution < 1.29 is 0 Å². The molecule has 0 aliphatic carbocycles. The third kappa shape index (κ3) is 3.48. The van der Waals surface area contributed by atoms with Crippen LogP contribution in [0.2, 0.25) is 10.0 Å². The van der Waals surface area contributed by atoms with Crippen molar-refractivity contribution in [1.29, 1.82) is 0 Å². The van der Waals surface area contributed by atoms with Crippen LogP contribution in [-0.4, -0.2) is 15.8 Å². The van der Waals surface area contributed by atoms with Gasteiger partial charge in [-0.15, -0.1) is 0 Å². The molecular formula is C11H13Cl2N3S2. The van der Waals surface area contributed by atoms with Gasteiger partial charge in [-0.1, -0.05) is 59.0 Å². The maximum absolute atomic E-state index is 6.11. The number of thioether (sulfide) groups is 1. The number of rotatable bonds is 4. The largest absolute Gasteiger partial charge is 0.378 e. The van der Waals surface area contributed by atoms with E-state index in [0.29, 0.717) is 26.3 Å². The molecule has 0 bridgehead atoms. The maximum Gasteiger partial charge on any atom is 0.155 e. The fourth-order valence-electron chi connectivity index (χ4n) is 1.52. The zero-order valence-electron chi connectivity index (χ0n) is 9.69. The van der Waals surface area contributed by atoms with Gasteiger partial charge in [0.05, 0.1) is 20.7 Å². The Bertz CT molecular complexity index is 468. The van der Waals surface area contributed by atoms with Crippen LogP contribution < -0.4 is 10.5 Å². The quantitative estimate of drug-likeness (QED) is 0.833. The molecule has 3 N–H and O–H groups in total. The Morgan fingerprint density at radius 3 is 2.94 bits per heavy atom. The van der Waals surface area contributed by atoms with Gasteiger partial charge in [-0.25, -0.2) is 0 Å². The van der Waals surface area contributed by atoms with E-state index >= 15 is 0 Å². The van der Waals surface area contributed by atoms with E-state index in [1.807, 2.05) is 12.1 Å². The Morgan fingerprint density at radius 1 is 1.50 bits per heavy atom. The van der Waals surface area contributed by atoms with Gasteiger partial charge in [0, 0.05) is 6.54 Å². The van der Waals surface area contributed by atoms with Crippen molar-refractivity contribution in [3.05, 3.63) is 33.8 Å². The molecule has 1 heterocycles. The molecular weight excluding hydrogens is 309 g/mol. The summed E-state index contributed by atoms with van der Waals surface area (Å²) in [7, 11) is 0. The predicted molar refractivity (Wildman–Crippen MR) is 83.4 cm³/mol. The van der Waals surface area contributed by atoms with E-state index in [-0.39, 0.29) is 6.04 Å². The van der Waals surface area contributed by atoms with Gasteiger partial charge in [0.15, 0.2) is 5.17 Å². The highest BCUT2D eigenvalue weighted by Crippen LogP contribution is 2.32. The van der Waals surface area contributed by atoms with Gasteiger partial charge in [0.25, 0.3) is 0 Å². The van der Waals surface area contributed by atoms with Gasteiger partial charge in [-0.2, -0.15) is 0 Å². The number of amidine groups is 1. The number of aliphatic imine (C=N–C) groups is 1. The Morgan fingerprint density at radius 2 is 2.28 bits per heavy atom. The van der Waals surface area contributed by atoms with Crippen molar-refractivity contribution >= 4 is 52.1 Å². The highest BCUT2D eigenvalue weighted by atomic mass is 35.5. The Balaban J connectivity index is 1.84. The SMILES string of the molecule is CC1N=C(N)SC1SNCc1cccc(Cl)c1Cl. The molecule has 1 aromatic rings. The highest BCUT2D eigenvalue weighted by Gasteiger charge is 2.25. The van der Waals surface area contributed by atoms with Crippen LogP contribution in [0, 0.1) is 0 Å². The summed E-state index contributed by atoms with van der Waals surface area (Å²) in [6.45, 7) is 2.71. The molecule has 0 radical (unpaired) electrons. The second-order valence-electron chi connectivity index (χ2n) is 3.85. The molecule has 2 atom stereocenters. The van der Waals surface area contributed by atoms with Crippen LogP contribution in [0.15, 0.2) is 23.2 Å². The van der Waals surface area contributed by atoms with E-state index < -0.39 is 0 Å². The highest BCUT2D eigenvalue weighted by molar-refractivity contribution is 8.24. The molecule has 2 rings (SSSR count). The van der Waals surface area contributed by atoms with Gasteiger partial charge < -0.3 is 5.73 Å². The van der Waals surface area contributed by atoms with Gasteiger partial charge in [0.1, 0.15) is 0 Å². The Labute approximate surface area is 125 Å². The molecule has 7 heteroatoms. The summed E-state index contributed by atoms with van der Waals surface area (Å²) in [6, 6.07) is 5.86. The van der Waals surface area contributed by atoms with Crippen molar-refractivity contribution in [3.63, 3.8) is 0 Å². The van der Waals surface area contributed by atoms with Crippen LogP contribution in [0.1, 0.15) is 12.5 Å². The van der Waals surface area contributed by atoms with E-state index in [1.165, 1.54) is 0 Å². The van der Waals surface area contributed by atoms with E-state index in [4.69, 9.17) is 28.9 Å². The number of hydrogen-bond donors (Lipinski definition) is 2. The first-order chi connectivity index (χ1) is 8.58. The summed E-state index contributed by atoms with van der Waals surface area (Å²) >= 11 is 15.3. The zero-order valence-corrected chi connectivity index (χ0v) is 12.8. The van der Waals surface area contributed by atoms with Crippen LogP contribution in [0.4, 0.5) is 0 Å². The minimum Gasteiger partial charge on any atom is -0.378 e. The zero-order chi connectivity index (χ0) is 13.1. The van der Waals surface area contributed by atoms with Gasteiger partial charge in [-0.3, -0.25) is 9.71 Å². The number of benzene rings is 1. The number of nitrogens with one attached hydrogen (secondary N) is 1. The van der Waals surface area contributed by atoms with E-state index in [2.05, 4.69) is 16.6 Å². The van der Waals surface area contributed by atoms with Gasteiger partial charge >= 0.3 is 0 Å². The van der Waals surface area contributed by atoms with Crippen molar-refractivity contribution in [1.82, 2.24) is 4.72 Å². The van der Waals surface area contributed by atoms with Gasteiger partial charge in [0.2, 0.25) is 0 Å². The molecule has 0 saturated carbocycles. The number of hydrogen-bond acceptors (Lipinski definition) is 5. The Hall–Kier alpha value is -0.0700. The third-order valence-electron chi connectivity index (χ3n) is 2.46. The molecule has 2 unspecified atom stereocenters. The first kappa shape index (κ1) is 14.3. The first-order valence-corrected chi connectivity index (χ1v) is 7.91. The fourth-order valence-corrected chi connectivity index (χ4v) is 3.98. The Kier molecular flexibility index (Phi) is 5.09. The minimum absolute atomic E-state index is 0.224. The number of nitrogens with zero attached hydrogens (tertiary/aromatic N) is 1. The van der Waals surface area contributed by atoms with Crippen LogP contribution in [0.5, 0.6) is 0 Å². The standard InChI is InChI=1S/C11H13Cl2N3S2/c1-6-10(17-11(14)16-6)18-15-5-7-3-2-4-8(12)9(7)13/h2-4,6,10,15H,5H2,1H3,(H2,14,16). The normalized spacial score (nSPS) is 23.2. The maximum atomic E-state index is 6.11. The summed E-state index contributed by atoms with van der Waals surface area (Å²) in [5.74, 6) is 0. The smallest absolute Gasteiger partial charge is 0.155 e. The summed E-state index contributed by atoms with van der Waals surface area (Å²) in [5, 5.41) is 1.84. The summed E-state index contributed by atoms with van der Waals surface area (Å²) in [5.41, 5.74) is 6.66. The number of halogens is 2. The first-order valence-electron chi connectivity index (χ1n) is 5.39. The molecule has 1 aliphatic heterocycles. The molecule has 98 valence electrons. The second-order valence-corrected chi connectivity index (χ2v) is 7.12. The molecule has 0 fully saturated rings. The van der Waals surface area contributed by atoms with E-state index in [1.54, 1.807) is 29.8 Å². The van der Waals surface area contributed by atoms with Crippen LogP contribution in [-0.2, 0) is 6.54 Å². The van der Waals surface area contributed by atoms with Crippen LogP contribution in [0.3, 0.4) is 0 Å². The molecule has 1 aromatic carbocycles. The lowest BCUT2D eigenvalue weighted by Gasteiger charge is -2.13. The van der Waals surface area contributed by atoms with Crippen molar-refractivity contribution in [3.8, 4) is 0 Å². The average Bonchev–Trinajstić information content (AvgIpc) is 2.63. The monoisotopic (exact) mass is 321 g/mol. The fraction of sp³-hybridized carbons (Fsp3) is 0.364. The molecule has 0 amide bonds.